The van der Waals surface area contributed by atoms with E-state index in [1.807, 2.05) is 6.92 Å². The Bertz CT molecular complexity index is 365. The van der Waals surface area contributed by atoms with Crippen molar-refractivity contribution < 1.29 is 9.18 Å². The lowest BCUT2D eigenvalue weighted by Gasteiger charge is -2.21. The van der Waals surface area contributed by atoms with Crippen LogP contribution in [0.2, 0.25) is 0 Å². The second kappa shape index (κ2) is 4.11. The molecule has 3 heteroatoms. The van der Waals surface area contributed by atoms with Gasteiger partial charge in [0.25, 0.3) is 0 Å². The Labute approximate surface area is 89.3 Å². The van der Waals surface area contributed by atoms with Crippen LogP contribution in [0, 0.1) is 12.7 Å². The lowest BCUT2D eigenvalue weighted by atomic mass is 9.89. The summed E-state index contributed by atoms with van der Waals surface area (Å²) in [4.78, 5) is 11.9. The smallest absolute Gasteiger partial charge is 0.182 e. The highest BCUT2D eigenvalue weighted by Crippen LogP contribution is 2.16. The van der Waals surface area contributed by atoms with Crippen molar-refractivity contribution in [1.82, 2.24) is 0 Å². The van der Waals surface area contributed by atoms with Gasteiger partial charge in [-0.25, -0.2) is 4.39 Å². The molecule has 1 atom stereocenters. The third-order valence-corrected chi connectivity index (χ3v) is 2.56. The molecular formula is C12H16FNO. The minimum atomic E-state index is -0.916. The number of nitrogens with two attached hydrogens (primary N) is 1. The Balaban J connectivity index is 3.12. The molecule has 0 aliphatic carbocycles. The quantitative estimate of drug-likeness (QED) is 0.777. The summed E-state index contributed by atoms with van der Waals surface area (Å²) in [6, 6.07) is 4.28. The van der Waals surface area contributed by atoms with Gasteiger partial charge in [-0.1, -0.05) is 6.92 Å². The molecule has 2 N–H and O–H groups in total. The summed E-state index contributed by atoms with van der Waals surface area (Å²) in [5.74, 6) is -0.613. The van der Waals surface area contributed by atoms with Crippen molar-refractivity contribution in [3.63, 3.8) is 0 Å². The molecule has 0 fully saturated rings. The second-order valence-electron chi connectivity index (χ2n) is 4.12. The first-order chi connectivity index (χ1) is 6.86. The zero-order valence-corrected chi connectivity index (χ0v) is 9.30. The number of hydrogen-bond donors (Lipinski definition) is 1. The molecule has 0 radical (unpaired) electrons. The van der Waals surface area contributed by atoms with Crippen LogP contribution in [0.3, 0.4) is 0 Å². The molecule has 0 aliphatic rings. The minimum Gasteiger partial charge on any atom is -0.319 e. The SMILES string of the molecule is CCC(C)(N)C(=O)c1cc(C)cc(F)c1. The molecule has 0 aromatic heterocycles. The van der Waals surface area contributed by atoms with Gasteiger partial charge in [0.15, 0.2) is 5.78 Å². The van der Waals surface area contributed by atoms with E-state index in [9.17, 15) is 9.18 Å². The molecule has 0 spiro atoms. The number of hydrogen-bond acceptors (Lipinski definition) is 2. The fourth-order valence-electron chi connectivity index (χ4n) is 1.36. The fourth-order valence-corrected chi connectivity index (χ4v) is 1.36. The van der Waals surface area contributed by atoms with Crippen LogP contribution in [0.5, 0.6) is 0 Å². The molecule has 0 heterocycles. The third kappa shape index (κ3) is 2.63. The summed E-state index contributed by atoms with van der Waals surface area (Å²) in [5.41, 5.74) is 5.98. The molecular weight excluding hydrogens is 193 g/mol. The number of ketones is 1. The number of carbonyl (C=O) groups is 1. The molecule has 1 aromatic rings. The van der Waals surface area contributed by atoms with Crippen LogP contribution in [0.1, 0.15) is 36.2 Å². The number of benzene rings is 1. The van der Waals surface area contributed by atoms with Gasteiger partial charge in [-0.2, -0.15) is 0 Å². The molecule has 1 rings (SSSR count). The van der Waals surface area contributed by atoms with Gasteiger partial charge in [0, 0.05) is 5.56 Å². The van der Waals surface area contributed by atoms with Crippen molar-refractivity contribution in [3.05, 3.63) is 35.1 Å². The van der Waals surface area contributed by atoms with E-state index in [-0.39, 0.29) is 5.78 Å². The lowest BCUT2D eigenvalue weighted by Crippen LogP contribution is -2.44. The summed E-state index contributed by atoms with van der Waals surface area (Å²) in [6.45, 7) is 5.25. The number of carbonyl (C=O) groups excluding carboxylic acids is 1. The van der Waals surface area contributed by atoms with Gasteiger partial charge in [0.05, 0.1) is 5.54 Å². The van der Waals surface area contributed by atoms with Crippen LogP contribution < -0.4 is 5.73 Å². The van der Waals surface area contributed by atoms with Crippen LogP contribution >= 0.6 is 0 Å². The highest BCUT2D eigenvalue weighted by Gasteiger charge is 2.27. The van der Waals surface area contributed by atoms with Gasteiger partial charge >= 0.3 is 0 Å². The molecule has 15 heavy (non-hydrogen) atoms. The monoisotopic (exact) mass is 209 g/mol. The van der Waals surface area contributed by atoms with Gasteiger partial charge in [0.2, 0.25) is 0 Å². The molecule has 1 unspecified atom stereocenters. The predicted molar refractivity (Wildman–Crippen MR) is 58.4 cm³/mol. The number of halogens is 1. The van der Waals surface area contributed by atoms with E-state index in [4.69, 9.17) is 5.73 Å². The van der Waals surface area contributed by atoms with Gasteiger partial charge in [0.1, 0.15) is 5.82 Å². The molecule has 1 aromatic carbocycles. The maximum atomic E-state index is 13.1. The maximum absolute atomic E-state index is 13.1. The van der Waals surface area contributed by atoms with Crippen molar-refractivity contribution in [2.45, 2.75) is 32.7 Å². The Hall–Kier alpha value is -1.22. The normalized spacial score (nSPS) is 14.7. The highest BCUT2D eigenvalue weighted by molar-refractivity contribution is 6.02. The Morgan fingerprint density at radius 1 is 1.47 bits per heavy atom. The molecule has 0 aliphatic heterocycles. The van der Waals surface area contributed by atoms with E-state index in [0.717, 1.165) is 5.56 Å². The molecule has 82 valence electrons. The largest absolute Gasteiger partial charge is 0.319 e. The van der Waals surface area contributed by atoms with E-state index in [0.29, 0.717) is 12.0 Å². The Kier molecular flexibility index (Phi) is 3.25. The summed E-state index contributed by atoms with van der Waals surface area (Å²) < 4.78 is 13.1. The first-order valence-corrected chi connectivity index (χ1v) is 4.97. The first-order valence-electron chi connectivity index (χ1n) is 4.97. The number of Topliss-reactive ketones (excluding diaryl/α,β-unsaturated/α-hetero) is 1. The third-order valence-electron chi connectivity index (χ3n) is 2.56. The van der Waals surface area contributed by atoms with Gasteiger partial charge in [-0.3, -0.25) is 4.79 Å². The van der Waals surface area contributed by atoms with E-state index in [1.165, 1.54) is 12.1 Å². The lowest BCUT2D eigenvalue weighted by molar-refractivity contribution is 0.0897. The fraction of sp³-hybridized carbons (Fsp3) is 0.417. The summed E-state index contributed by atoms with van der Waals surface area (Å²) in [6.07, 6.45) is 0.529. The van der Waals surface area contributed by atoms with Crippen molar-refractivity contribution in [2.75, 3.05) is 0 Å². The second-order valence-corrected chi connectivity index (χ2v) is 4.12. The van der Waals surface area contributed by atoms with Crippen LogP contribution in [0.4, 0.5) is 4.39 Å². The average molecular weight is 209 g/mol. The molecule has 0 amide bonds. The number of rotatable bonds is 3. The zero-order chi connectivity index (χ0) is 11.6. The van der Waals surface area contributed by atoms with Gasteiger partial charge in [-0.15, -0.1) is 0 Å². The minimum absolute atomic E-state index is 0.215. The van der Waals surface area contributed by atoms with Crippen LogP contribution in [0.15, 0.2) is 18.2 Å². The van der Waals surface area contributed by atoms with E-state index in [1.54, 1.807) is 19.9 Å². The van der Waals surface area contributed by atoms with Gasteiger partial charge in [-0.05, 0) is 44.0 Å². The number of aryl methyl sites for hydroxylation is 1. The molecule has 0 bridgehead atoms. The average Bonchev–Trinajstić information content (AvgIpc) is 2.15. The van der Waals surface area contributed by atoms with Crippen LogP contribution in [-0.2, 0) is 0 Å². The maximum Gasteiger partial charge on any atom is 0.182 e. The van der Waals surface area contributed by atoms with Crippen LogP contribution in [0.25, 0.3) is 0 Å². The van der Waals surface area contributed by atoms with Crippen molar-refractivity contribution >= 4 is 5.78 Å². The summed E-state index contributed by atoms with van der Waals surface area (Å²) in [5, 5.41) is 0. The predicted octanol–water partition coefficient (Wildman–Crippen LogP) is 2.44. The molecule has 0 saturated carbocycles. The van der Waals surface area contributed by atoms with Crippen molar-refractivity contribution in [2.24, 2.45) is 5.73 Å². The van der Waals surface area contributed by atoms with E-state index in [2.05, 4.69) is 0 Å². The van der Waals surface area contributed by atoms with Crippen LogP contribution in [-0.4, -0.2) is 11.3 Å². The summed E-state index contributed by atoms with van der Waals surface area (Å²) >= 11 is 0. The first kappa shape index (κ1) is 11.9. The summed E-state index contributed by atoms with van der Waals surface area (Å²) in [7, 11) is 0. The Morgan fingerprint density at radius 2 is 2.07 bits per heavy atom. The van der Waals surface area contributed by atoms with Crippen molar-refractivity contribution in [3.8, 4) is 0 Å². The standard InChI is InChI=1S/C12H16FNO/c1-4-12(3,14)11(15)9-5-8(2)6-10(13)7-9/h5-7H,4,14H2,1-3H3. The molecule has 2 nitrogen and oxygen atoms in total. The van der Waals surface area contributed by atoms with Gasteiger partial charge < -0.3 is 5.73 Å². The molecule has 0 saturated heterocycles. The zero-order valence-electron chi connectivity index (χ0n) is 9.30. The Morgan fingerprint density at radius 3 is 2.53 bits per heavy atom. The highest BCUT2D eigenvalue weighted by atomic mass is 19.1. The topological polar surface area (TPSA) is 43.1 Å². The van der Waals surface area contributed by atoms with E-state index < -0.39 is 11.4 Å². The van der Waals surface area contributed by atoms with Crippen molar-refractivity contribution in [1.29, 1.82) is 0 Å². The van der Waals surface area contributed by atoms with E-state index >= 15 is 0 Å².